The fourth-order valence-electron chi connectivity index (χ4n) is 1.08. The Bertz CT molecular complexity index is 128. The summed E-state index contributed by atoms with van der Waals surface area (Å²) >= 11 is 0. The molecule has 0 aromatic rings. The Hall–Kier alpha value is -0.720. The van der Waals surface area contributed by atoms with Crippen molar-refractivity contribution in [1.29, 1.82) is 0 Å². The van der Waals surface area contributed by atoms with Crippen LogP contribution in [0, 0.1) is 5.92 Å². The highest BCUT2D eigenvalue weighted by molar-refractivity contribution is 5.15. The number of rotatable bonds is 0. The van der Waals surface area contributed by atoms with E-state index in [0.29, 0.717) is 12.0 Å². The molecule has 0 aromatic carbocycles. The predicted octanol–water partition coefficient (Wildman–Crippen LogP) is 1.47. The maximum absolute atomic E-state index is 5.21. The van der Waals surface area contributed by atoms with Crippen LogP contribution in [0.5, 0.6) is 0 Å². The number of hydrogen-bond acceptors (Lipinski definition) is 1. The maximum atomic E-state index is 5.21. The third kappa shape index (κ3) is 0.414. The highest BCUT2D eigenvalue weighted by Gasteiger charge is 2.25. The molecule has 1 heteroatoms. The van der Waals surface area contributed by atoms with Crippen LogP contribution in [0.1, 0.15) is 6.42 Å². The van der Waals surface area contributed by atoms with Gasteiger partial charge >= 0.3 is 0 Å². The molecular weight excluding hydrogens is 100 g/mol. The first-order valence-electron chi connectivity index (χ1n) is 2.95. The molecule has 0 saturated heterocycles. The highest BCUT2D eigenvalue weighted by atomic mass is 16.5. The van der Waals surface area contributed by atoms with Crippen LogP contribution in [0.4, 0.5) is 0 Å². The van der Waals surface area contributed by atoms with Gasteiger partial charge in [0, 0.05) is 5.92 Å². The highest BCUT2D eigenvalue weighted by Crippen LogP contribution is 2.28. The largest absolute Gasteiger partial charge is 0.494 e. The van der Waals surface area contributed by atoms with Gasteiger partial charge in [-0.05, 0) is 18.6 Å². The maximum Gasteiger partial charge on any atom is 0.122 e. The first kappa shape index (κ1) is 4.19. The van der Waals surface area contributed by atoms with E-state index in [-0.39, 0.29) is 0 Å². The lowest BCUT2D eigenvalue weighted by Crippen LogP contribution is -2.27. The lowest BCUT2D eigenvalue weighted by molar-refractivity contribution is 0.113. The van der Waals surface area contributed by atoms with E-state index in [4.69, 9.17) is 4.74 Å². The Morgan fingerprint density at radius 3 is 2.75 bits per heavy atom. The number of allylic oxidation sites excluding steroid dienone is 1. The Kier molecular flexibility index (Phi) is 0.720. The van der Waals surface area contributed by atoms with E-state index in [0.717, 1.165) is 0 Å². The van der Waals surface area contributed by atoms with Crippen LogP contribution in [0.15, 0.2) is 24.5 Å². The van der Waals surface area contributed by atoms with Crippen LogP contribution in [0.2, 0.25) is 0 Å². The molecule has 0 fully saturated rings. The Morgan fingerprint density at radius 2 is 2.38 bits per heavy atom. The normalized spacial score (nSPS) is 40.0. The van der Waals surface area contributed by atoms with E-state index in [9.17, 15) is 0 Å². The van der Waals surface area contributed by atoms with Gasteiger partial charge in [0.1, 0.15) is 6.10 Å². The summed E-state index contributed by atoms with van der Waals surface area (Å²) in [5, 5.41) is 0. The summed E-state index contributed by atoms with van der Waals surface area (Å²) in [6.45, 7) is 0. The Morgan fingerprint density at radius 1 is 1.38 bits per heavy atom. The van der Waals surface area contributed by atoms with Gasteiger partial charge in [-0.3, -0.25) is 0 Å². The van der Waals surface area contributed by atoms with Crippen LogP contribution >= 0.6 is 0 Å². The molecule has 1 nitrogen and oxygen atoms in total. The van der Waals surface area contributed by atoms with Gasteiger partial charge in [-0.1, -0.05) is 6.08 Å². The SMILES string of the molecule is C1=COC2C=CC2C1. The summed E-state index contributed by atoms with van der Waals surface area (Å²) < 4.78 is 5.21. The van der Waals surface area contributed by atoms with Crippen LogP contribution in [0.3, 0.4) is 0 Å². The van der Waals surface area contributed by atoms with Gasteiger partial charge in [0.05, 0.1) is 6.26 Å². The zero-order valence-corrected chi connectivity index (χ0v) is 4.58. The Balaban J connectivity index is 2.15. The monoisotopic (exact) mass is 108 g/mol. The first-order valence-corrected chi connectivity index (χ1v) is 2.95. The van der Waals surface area contributed by atoms with Crippen molar-refractivity contribution in [1.82, 2.24) is 0 Å². The minimum absolute atomic E-state index is 0.417. The van der Waals surface area contributed by atoms with Crippen LogP contribution in [-0.4, -0.2) is 6.10 Å². The lowest BCUT2D eigenvalue weighted by Gasteiger charge is -2.30. The summed E-state index contributed by atoms with van der Waals surface area (Å²) in [7, 11) is 0. The summed E-state index contributed by atoms with van der Waals surface area (Å²) in [5.74, 6) is 0.694. The van der Waals surface area contributed by atoms with E-state index in [1.165, 1.54) is 6.42 Å². The molecule has 2 rings (SSSR count). The average molecular weight is 108 g/mol. The summed E-state index contributed by atoms with van der Waals surface area (Å²) in [5.41, 5.74) is 0. The third-order valence-electron chi connectivity index (χ3n) is 1.71. The molecule has 8 heavy (non-hydrogen) atoms. The molecule has 0 spiro atoms. The van der Waals surface area contributed by atoms with Crippen molar-refractivity contribution in [2.24, 2.45) is 5.92 Å². The van der Waals surface area contributed by atoms with Crippen molar-refractivity contribution in [3.63, 3.8) is 0 Å². The molecule has 0 aromatic heterocycles. The van der Waals surface area contributed by atoms with Crippen molar-refractivity contribution in [3.8, 4) is 0 Å². The molecule has 2 unspecified atom stereocenters. The van der Waals surface area contributed by atoms with Crippen LogP contribution in [-0.2, 0) is 4.74 Å². The fourth-order valence-corrected chi connectivity index (χ4v) is 1.08. The van der Waals surface area contributed by atoms with Crippen LogP contribution < -0.4 is 0 Å². The van der Waals surface area contributed by atoms with E-state index < -0.39 is 0 Å². The smallest absolute Gasteiger partial charge is 0.122 e. The molecule has 0 N–H and O–H groups in total. The second-order valence-corrected chi connectivity index (χ2v) is 2.26. The molecular formula is C7H8O. The molecule has 0 radical (unpaired) electrons. The number of ether oxygens (including phenoxy) is 1. The zero-order chi connectivity index (χ0) is 5.40. The fraction of sp³-hybridized carbons (Fsp3) is 0.429. The molecule has 0 amide bonds. The van der Waals surface area contributed by atoms with Gasteiger partial charge in [-0.15, -0.1) is 0 Å². The average Bonchev–Trinajstić information content (AvgIpc) is 1.72. The molecule has 0 bridgehead atoms. The summed E-state index contributed by atoms with van der Waals surface area (Å²) in [6, 6.07) is 0. The van der Waals surface area contributed by atoms with E-state index in [1.807, 2.05) is 0 Å². The van der Waals surface area contributed by atoms with Gasteiger partial charge in [0.15, 0.2) is 0 Å². The van der Waals surface area contributed by atoms with Crippen molar-refractivity contribution in [2.75, 3.05) is 0 Å². The standard InChI is InChI=1S/C7H8O/c1-2-6-3-4-7(6)8-5-1/h1,3-7H,2H2. The third-order valence-corrected chi connectivity index (χ3v) is 1.71. The summed E-state index contributed by atoms with van der Waals surface area (Å²) in [6.07, 6.45) is 9.76. The van der Waals surface area contributed by atoms with E-state index in [1.54, 1.807) is 6.26 Å². The molecule has 42 valence electrons. The zero-order valence-electron chi connectivity index (χ0n) is 4.58. The van der Waals surface area contributed by atoms with Gasteiger partial charge in [0.25, 0.3) is 0 Å². The van der Waals surface area contributed by atoms with E-state index in [2.05, 4.69) is 18.2 Å². The molecule has 2 aliphatic rings. The topological polar surface area (TPSA) is 9.23 Å². The van der Waals surface area contributed by atoms with Gasteiger partial charge < -0.3 is 4.74 Å². The van der Waals surface area contributed by atoms with Gasteiger partial charge in [0.2, 0.25) is 0 Å². The van der Waals surface area contributed by atoms with Crippen LogP contribution in [0.25, 0.3) is 0 Å². The van der Waals surface area contributed by atoms with Gasteiger partial charge in [-0.25, -0.2) is 0 Å². The summed E-state index contributed by atoms with van der Waals surface area (Å²) in [4.78, 5) is 0. The van der Waals surface area contributed by atoms with E-state index >= 15 is 0 Å². The Labute approximate surface area is 48.7 Å². The van der Waals surface area contributed by atoms with Crippen molar-refractivity contribution < 1.29 is 4.74 Å². The minimum Gasteiger partial charge on any atom is -0.494 e. The van der Waals surface area contributed by atoms with Crippen molar-refractivity contribution >= 4 is 0 Å². The minimum atomic E-state index is 0.417. The first-order chi connectivity index (χ1) is 3.97. The lowest BCUT2D eigenvalue weighted by atomic mass is 9.87. The molecule has 1 heterocycles. The second kappa shape index (κ2) is 1.38. The van der Waals surface area contributed by atoms with Crippen molar-refractivity contribution in [3.05, 3.63) is 24.5 Å². The molecule has 0 saturated carbocycles. The van der Waals surface area contributed by atoms with Gasteiger partial charge in [-0.2, -0.15) is 0 Å². The second-order valence-electron chi connectivity index (χ2n) is 2.26. The number of fused-ring (bicyclic) bond motifs is 1. The van der Waals surface area contributed by atoms with Crippen molar-refractivity contribution in [2.45, 2.75) is 12.5 Å². The molecule has 1 aliphatic carbocycles. The molecule has 1 aliphatic heterocycles. The quantitative estimate of drug-likeness (QED) is 0.427. The number of hydrogen-bond donors (Lipinski definition) is 0. The molecule has 2 atom stereocenters. The predicted molar refractivity (Wildman–Crippen MR) is 31.3 cm³/mol.